The number of hydrogen-bond donors (Lipinski definition) is 1. The molecule has 2 atom stereocenters. The van der Waals surface area contributed by atoms with Crippen LogP contribution in [-0.2, 0) is 14.2 Å². The first kappa shape index (κ1) is 14.6. The molecule has 0 aromatic rings. The van der Waals surface area contributed by atoms with E-state index in [1.807, 2.05) is 20.8 Å². The molecule has 0 aliphatic carbocycles. The average molecular weight is 271 g/mol. The lowest BCUT2D eigenvalue weighted by Gasteiger charge is -2.29. The van der Waals surface area contributed by atoms with Gasteiger partial charge in [0.2, 0.25) is 0 Å². The largest absolute Gasteiger partial charge is 0.444 e. The monoisotopic (exact) mass is 271 g/mol. The molecule has 5 nitrogen and oxygen atoms in total. The van der Waals surface area contributed by atoms with Crippen LogP contribution in [0.15, 0.2) is 0 Å². The third-order valence-electron chi connectivity index (χ3n) is 3.59. The van der Waals surface area contributed by atoms with E-state index < -0.39 is 5.60 Å². The molecule has 1 amide bonds. The Morgan fingerprint density at radius 1 is 1.37 bits per heavy atom. The highest BCUT2D eigenvalue weighted by atomic mass is 16.6. The maximum absolute atomic E-state index is 11.7. The van der Waals surface area contributed by atoms with Crippen LogP contribution in [0.2, 0.25) is 0 Å². The molecule has 2 unspecified atom stereocenters. The number of ether oxygens (including phenoxy) is 3. The van der Waals surface area contributed by atoms with Crippen molar-refractivity contribution in [2.24, 2.45) is 11.8 Å². The first-order chi connectivity index (χ1) is 8.96. The van der Waals surface area contributed by atoms with Crippen LogP contribution in [0, 0.1) is 11.8 Å². The van der Waals surface area contributed by atoms with Crippen LogP contribution < -0.4 is 5.32 Å². The maximum Gasteiger partial charge on any atom is 0.407 e. The summed E-state index contributed by atoms with van der Waals surface area (Å²) in [5.41, 5.74) is -0.450. The summed E-state index contributed by atoms with van der Waals surface area (Å²) in [6, 6.07) is 0. The number of nitrogens with one attached hydrogen (secondary N) is 1. The number of carbonyl (C=O) groups excluding carboxylic acids is 1. The molecule has 2 fully saturated rings. The molecule has 110 valence electrons. The minimum Gasteiger partial charge on any atom is -0.444 e. The summed E-state index contributed by atoms with van der Waals surface area (Å²) in [5, 5.41) is 2.88. The molecule has 0 aromatic heterocycles. The fraction of sp³-hybridized carbons (Fsp3) is 0.929. The van der Waals surface area contributed by atoms with Crippen LogP contribution in [0.4, 0.5) is 4.79 Å². The van der Waals surface area contributed by atoms with Crippen LogP contribution in [0.3, 0.4) is 0 Å². The Bertz CT molecular complexity index is 303. The number of carbonyl (C=O) groups is 1. The van der Waals surface area contributed by atoms with Gasteiger partial charge in [0.25, 0.3) is 0 Å². The SMILES string of the molecule is CC(C)(C)OC(=O)NCC(C1CCOCC1)C1CO1. The van der Waals surface area contributed by atoms with E-state index in [1.165, 1.54) is 0 Å². The second-order valence-corrected chi connectivity index (χ2v) is 6.37. The summed E-state index contributed by atoms with van der Waals surface area (Å²) in [7, 11) is 0. The highest BCUT2D eigenvalue weighted by molar-refractivity contribution is 5.67. The van der Waals surface area contributed by atoms with Gasteiger partial charge in [0.1, 0.15) is 5.60 Å². The number of epoxide rings is 1. The molecule has 0 bridgehead atoms. The molecule has 2 saturated heterocycles. The molecule has 0 spiro atoms. The summed E-state index contributed by atoms with van der Waals surface area (Å²) in [6.45, 7) is 8.69. The predicted octanol–water partition coefficient (Wildman–Crippen LogP) is 1.95. The molecular formula is C14H25NO4. The molecular weight excluding hydrogens is 246 g/mol. The summed E-state index contributed by atoms with van der Waals surface area (Å²) in [6.07, 6.45) is 2.07. The van der Waals surface area contributed by atoms with Gasteiger partial charge < -0.3 is 19.5 Å². The molecule has 0 saturated carbocycles. The predicted molar refractivity (Wildman–Crippen MR) is 71.0 cm³/mol. The van der Waals surface area contributed by atoms with E-state index in [-0.39, 0.29) is 6.09 Å². The quantitative estimate of drug-likeness (QED) is 0.794. The topological polar surface area (TPSA) is 60.1 Å². The van der Waals surface area contributed by atoms with Crippen LogP contribution in [-0.4, -0.2) is 44.2 Å². The molecule has 2 aliphatic rings. The Labute approximate surface area is 115 Å². The van der Waals surface area contributed by atoms with E-state index >= 15 is 0 Å². The maximum atomic E-state index is 11.7. The van der Waals surface area contributed by atoms with Crippen molar-refractivity contribution in [3.63, 3.8) is 0 Å². The second kappa shape index (κ2) is 6.09. The number of amides is 1. The van der Waals surface area contributed by atoms with Gasteiger partial charge in [0.05, 0.1) is 12.7 Å². The lowest BCUT2D eigenvalue weighted by atomic mass is 9.84. The number of hydrogen-bond acceptors (Lipinski definition) is 4. The van der Waals surface area contributed by atoms with Crippen molar-refractivity contribution < 1.29 is 19.0 Å². The van der Waals surface area contributed by atoms with Crippen LogP contribution in [0.25, 0.3) is 0 Å². The average Bonchev–Trinajstić information content (AvgIpc) is 3.13. The Morgan fingerprint density at radius 3 is 2.53 bits per heavy atom. The lowest BCUT2D eigenvalue weighted by Crippen LogP contribution is -2.40. The first-order valence-corrected chi connectivity index (χ1v) is 7.12. The van der Waals surface area contributed by atoms with Gasteiger partial charge in [0, 0.05) is 25.7 Å². The Hall–Kier alpha value is -0.810. The Kier molecular flexibility index (Phi) is 4.68. The normalized spacial score (nSPS) is 25.7. The van der Waals surface area contributed by atoms with Crippen LogP contribution >= 0.6 is 0 Å². The van der Waals surface area contributed by atoms with E-state index in [4.69, 9.17) is 14.2 Å². The zero-order chi connectivity index (χ0) is 13.9. The Morgan fingerprint density at radius 2 is 2.00 bits per heavy atom. The van der Waals surface area contributed by atoms with Crippen LogP contribution in [0.1, 0.15) is 33.6 Å². The first-order valence-electron chi connectivity index (χ1n) is 7.12. The van der Waals surface area contributed by atoms with Crippen molar-refractivity contribution in [3.05, 3.63) is 0 Å². The van der Waals surface area contributed by atoms with Gasteiger partial charge >= 0.3 is 6.09 Å². The molecule has 2 heterocycles. The standard InChI is InChI=1S/C14H25NO4/c1-14(2,3)19-13(16)15-8-11(12-9-18-12)10-4-6-17-7-5-10/h10-12H,4-9H2,1-3H3,(H,15,16). The summed E-state index contributed by atoms with van der Waals surface area (Å²) in [4.78, 5) is 11.7. The summed E-state index contributed by atoms with van der Waals surface area (Å²) >= 11 is 0. The van der Waals surface area contributed by atoms with Crippen molar-refractivity contribution in [2.45, 2.75) is 45.3 Å². The van der Waals surface area contributed by atoms with Gasteiger partial charge in [0.15, 0.2) is 0 Å². The van der Waals surface area contributed by atoms with Gasteiger partial charge in [-0.25, -0.2) is 4.79 Å². The Balaban J connectivity index is 1.78. The van der Waals surface area contributed by atoms with Crippen molar-refractivity contribution in [3.8, 4) is 0 Å². The smallest absolute Gasteiger partial charge is 0.407 e. The van der Waals surface area contributed by atoms with E-state index in [0.717, 1.165) is 32.7 Å². The molecule has 2 rings (SSSR count). The van der Waals surface area contributed by atoms with Gasteiger partial charge in [-0.1, -0.05) is 0 Å². The second-order valence-electron chi connectivity index (χ2n) is 6.37. The third kappa shape index (κ3) is 4.99. The molecule has 0 aromatic carbocycles. The van der Waals surface area contributed by atoms with Crippen molar-refractivity contribution in [2.75, 3.05) is 26.4 Å². The van der Waals surface area contributed by atoms with Gasteiger partial charge in [-0.05, 0) is 39.5 Å². The summed E-state index contributed by atoms with van der Waals surface area (Å²) in [5.74, 6) is 0.965. The minimum absolute atomic E-state index is 0.304. The van der Waals surface area contributed by atoms with Crippen molar-refractivity contribution in [1.82, 2.24) is 5.32 Å². The molecule has 5 heteroatoms. The highest BCUT2D eigenvalue weighted by Crippen LogP contribution is 2.32. The fourth-order valence-corrected chi connectivity index (χ4v) is 2.56. The third-order valence-corrected chi connectivity index (χ3v) is 3.59. The van der Waals surface area contributed by atoms with Crippen molar-refractivity contribution in [1.29, 1.82) is 0 Å². The molecule has 19 heavy (non-hydrogen) atoms. The molecule has 2 aliphatic heterocycles. The van der Waals surface area contributed by atoms with Gasteiger partial charge in [-0.2, -0.15) is 0 Å². The van der Waals surface area contributed by atoms with E-state index in [1.54, 1.807) is 0 Å². The van der Waals surface area contributed by atoms with Crippen LogP contribution in [0.5, 0.6) is 0 Å². The summed E-state index contributed by atoms with van der Waals surface area (Å²) < 4.78 is 16.1. The minimum atomic E-state index is -0.450. The number of alkyl carbamates (subject to hydrolysis) is 1. The van der Waals surface area contributed by atoms with Crippen molar-refractivity contribution >= 4 is 6.09 Å². The molecule has 1 N–H and O–H groups in total. The van der Waals surface area contributed by atoms with E-state index in [0.29, 0.717) is 24.5 Å². The van der Waals surface area contributed by atoms with Gasteiger partial charge in [-0.3, -0.25) is 0 Å². The fourth-order valence-electron chi connectivity index (χ4n) is 2.56. The van der Waals surface area contributed by atoms with E-state index in [9.17, 15) is 4.79 Å². The number of rotatable bonds is 4. The molecule has 0 radical (unpaired) electrons. The van der Waals surface area contributed by atoms with Gasteiger partial charge in [-0.15, -0.1) is 0 Å². The highest BCUT2D eigenvalue weighted by Gasteiger charge is 2.38. The van der Waals surface area contributed by atoms with E-state index in [2.05, 4.69) is 5.32 Å². The zero-order valence-electron chi connectivity index (χ0n) is 12.1. The zero-order valence-corrected chi connectivity index (χ0v) is 12.1. The lowest BCUT2D eigenvalue weighted by molar-refractivity contribution is 0.0352.